The summed E-state index contributed by atoms with van der Waals surface area (Å²) in [7, 11) is 0. The van der Waals surface area contributed by atoms with Crippen LogP contribution in [0.25, 0.3) is 0 Å². The molecule has 0 aromatic carbocycles. The number of ether oxygens (including phenoxy) is 1. The number of hydrogen-bond donors (Lipinski definition) is 1. The van der Waals surface area contributed by atoms with E-state index >= 15 is 0 Å². The smallest absolute Gasteiger partial charge is 0.396 e. The highest BCUT2D eigenvalue weighted by Crippen LogP contribution is 2.10. The van der Waals surface area contributed by atoms with Crippen LogP contribution in [0, 0.1) is 0 Å². The second-order valence-electron chi connectivity index (χ2n) is 4.11. The van der Waals surface area contributed by atoms with Gasteiger partial charge in [0.05, 0.1) is 6.61 Å². The maximum atomic E-state index is 11.3. The fourth-order valence-electron chi connectivity index (χ4n) is 1.57. The maximum absolute atomic E-state index is 11.3. The minimum absolute atomic E-state index is 0.200. The summed E-state index contributed by atoms with van der Waals surface area (Å²) in [4.78, 5) is 26.6. The molecule has 0 aliphatic heterocycles. The standard InChI is InChI=1S/C12H19N3O3/c1-4-18-12(17)11(16)14-6-8-15-7-5-13-10(15)9(2)3/h5,7,9H,4,6,8H2,1-3H3,(H,14,16). The van der Waals surface area contributed by atoms with Crippen LogP contribution in [0.1, 0.15) is 32.5 Å². The van der Waals surface area contributed by atoms with Crippen molar-refractivity contribution in [3.8, 4) is 0 Å². The summed E-state index contributed by atoms with van der Waals surface area (Å²) >= 11 is 0. The summed E-state index contributed by atoms with van der Waals surface area (Å²) in [5.74, 6) is -0.267. The third-order valence-electron chi connectivity index (χ3n) is 2.36. The Morgan fingerprint density at radius 2 is 2.22 bits per heavy atom. The lowest BCUT2D eigenvalue weighted by atomic mass is 10.2. The van der Waals surface area contributed by atoms with Crippen LogP contribution in [0.5, 0.6) is 0 Å². The molecule has 0 spiro atoms. The highest BCUT2D eigenvalue weighted by Gasteiger charge is 2.14. The van der Waals surface area contributed by atoms with Crippen LogP contribution >= 0.6 is 0 Å². The largest absolute Gasteiger partial charge is 0.459 e. The van der Waals surface area contributed by atoms with Crippen LogP contribution in [-0.2, 0) is 20.9 Å². The molecule has 1 aromatic heterocycles. The van der Waals surface area contributed by atoms with E-state index in [1.807, 2.05) is 10.8 Å². The average Bonchev–Trinajstić information content (AvgIpc) is 2.77. The van der Waals surface area contributed by atoms with Gasteiger partial charge in [0.2, 0.25) is 0 Å². The van der Waals surface area contributed by atoms with Crippen LogP contribution in [0.15, 0.2) is 12.4 Å². The first-order valence-corrected chi connectivity index (χ1v) is 6.02. The molecule has 1 N–H and O–H groups in total. The fraction of sp³-hybridized carbons (Fsp3) is 0.583. The third kappa shape index (κ3) is 3.87. The molecule has 0 saturated heterocycles. The lowest BCUT2D eigenvalue weighted by Gasteiger charge is -2.10. The van der Waals surface area contributed by atoms with Gasteiger partial charge in [0, 0.05) is 31.4 Å². The van der Waals surface area contributed by atoms with Crippen LogP contribution in [0.3, 0.4) is 0 Å². The number of nitrogens with one attached hydrogen (secondary N) is 1. The molecule has 1 aromatic rings. The topological polar surface area (TPSA) is 73.2 Å². The van der Waals surface area contributed by atoms with E-state index in [-0.39, 0.29) is 6.61 Å². The SMILES string of the molecule is CCOC(=O)C(=O)NCCn1ccnc1C(C)C. The normalized spacial score (nSPS) is 10.4. The number of amides is 1. The minimum Gasteiger partial charge on any atom is -0.459 e. The Bertz CT molecular complexity index is 412. The number of carbonyl (C=O) groups is 2. The van der Waals surface area contributed by atoms with Crippen molar-refractivity contribution >= 4 is 11.9 Å². The van der Waals surface area contributed by atoms with Gasteiger partial charge in [0.15, 0.2) is 0 Å². The Morgan fingerprint density at radius 3 is 2.83 bits per heavy atom. The predicted octanol–water partition coefficient (Wildman–Crippen LogP) is 0.686. The van der Waals surface area contributed by atoms with E-state index in [0.29, 0.717) is 19.0 Å². The molecule has 1 amide bonds. The van der Waals surface area contributed by atoms with Crippen LogP contribution in [-0.4, -0.2) is 34.6 Å². The van der Waals surface area contributed by atoms with E-state index in [1.165, 1.54) is 0 Å². The van der Waals surface area contributed by atoms with E-state index in [1.54, 1.807) is 13.1 Å². The monoisotopic (exact) mass is 253 g/mol. The highest BCUT2D eigenvalue weighted by molar-refractivity contribution is 6.32. The summed E-state index contributed by atoms with van der Waals surface area (Å²) in [6.07, 6.45) is 3.58. The van der Waals surface area contributed by atoms with Gasteiger partial charge in [0.1, 0.15) is 5.82 Å². The summed E-state index contributed by atoms with van der Waals surface area (Å²) in [6.45, 7) is 6.91. The molecule has 0 bridgehead atoms. The molecule has 18 heavy (non-hydrogen) atoms. The predicted molar refractivity (Wildman–Crippen MR) is 66.0 cm³/mol. The Labute approximate surface area is 106 Å². The first-order valence-electron chi connectivity index (χ1n) is 6.02. The number of rotatable bonds is 5. The molecule has 0 atom stereocenters. The van der Waals surface area contributed by atoms with Crippen molar-refractivity contribution < 1.29 is 14.3 Å². The average molecular weight is 253 g/mol. The molecule has 6 nitrogen and oxygen atoms in total. The van der Waals surface area contributed by atoms with Crippen molar-refractivity contribution in [2.24, 2.45) is 0 Å². The van der Waals surface area contributed by atoms with E-state index < -0.39 is 11.9 Å². The minimum atomic E-state index is -0.841. The summed E-state index contributed by atoms with van der Waals surface area (Å²) in [6, 6.07) is 0. The Morgan fingerprint density at radius 1 is 1.50 bits per heavy atom. The van der Waals surface area contributed by atoms with Crippen LogP contribution < -0.4 is 5.32 Å². The quantitative estimate of drug-likeness (QED) is 0.619. The van der Waals surface area contributed by atoms with Crippen LogP contribution in [0.2, 0.25) is 0 Å². The third-order valence-corrected chi connectivity index (χ3v) is 2.36. The van der Waals surface area contributed by atoms with Crippen molar-refractivity contribution in [2.45, 2.75) is 33.2 Å². The molecule has 100 valence electrons. The van der Waals surface area contributed by atoms with Gasteiger partial charge in [-0.05, 0) is 6.92 Å². The Hall–Kier alpha value is -1.85. The van der Waals surface area contributed by atoms with Crippen LogP contribution in [0.4, 0.5) is 0 Å². The number of hydrogen-bond acceptors (Lipinski definition) is 4. The highest BCUT2D eigenvalue weighted by atomic mass is 16.5. The van der Waals surface area contributed by atoms with Crippen molar-refractivity contribution in [3.05, 3.63) is 18.2 Å². The molecule has 0 saturated carbocycles. The molecule has 0 fully saturated rings. The van der Waals surface area contributed by atoms with E-state index in [9.17, 15) is 9.59 Å². The number of aromatic nitrogens is 2. The van der Waals surface area contributed by atoms with Gasteiger partial charge >= 0.3 is 11.9 Å². The molecule has 6 heteroatoms. The molecule has 0 radical (unpaired) electrons. The van der Waals surface area contributed by atoms with Gasteiger partial charge in [-0.25, -0.2) is 9.78 Å². The van der Waals surface area contributed by atoms with E-state index in [4.69, 9.17) is 0 Å². The van der Waals surface area contributed by atoms with Crippen molar-refractivity contribution in [2.75, 3.05) is 13.2 Å². The second kappa shape index (κ2) is 6.78. The summed E-state index contributed by atoms with van der Waals surface area (Å²) < 4.78 is 6.54. The maximum Gasteiger partial charge on any atom is 0.396 e. The fourth-order valence-corrected chi connectivity index (χ4v) is 1.57. The molecule has 1 rings (SSSR count). The van der Waals surface area contributed by atoms with Gasteiger partial charge in [-0.2, -0.15) is 0 Å². The zero-order chi connectivity index (χ0) is 13.5. The first kappa shape index (κ1) is 14.2. The Kier molecular flexibility index (Phi) is 5.35. The van der Waals surface area contributed by atoms with Gasteiger partial charge in [-0.3, -0.25) is 4.79 Å². The van der Waals surface area contributed by atoms with Crippen molar-refractivity contribution in [3.63, 3.8) is 0 Å². The molecule has 1 heterocycles. The van der Waals surface area contributed by atoms with Gasteiger partial charge in [-0.1, -0.05) is 13.8 Å². The second-order valence-corrected chi connectivity index (χ2v) is 4.11. The van der Waals surface area contributed by atoms with Crippen molar-refractivity contribution in [1.29, 1.82) is 0 Å². The lowest BCUT2D eigenvalue weighted by Crippen LogP contribution is -2.34. The molecule has 0 aliphatic rings. The van der Waals surface area contributed by atoms with E-state index in [2.05, 4.69) is 28.9 Å². The molecular weight excluding hydrogens is 234 g/mol. The van der Waals surface area contributed by atoms with Gasteiger partial charge in [-0.15, -0.1) is 0 Å². The number of carbonyl (C=O) groups excluding carboxylic acids is 2. The zero-order valence-electron chi connectivity index (χ0n) is 11.0. The number of imidazole rings is 1. The van der Waals surface area contributed by atoms with Crippen molar-refractivity contribution in [1.82, 2.24) is 14.9 Å². The lowest BCUT2D eigenvalue weighted by molar-refractivity contribution is -0.154. The van der Waals surface area contributed by atoms with Gasteiger partial charge < -0.3 is 14.6 Å². The molecule has 0 unspecified atom stereocenters. The summed E-state index contributed by atoms with van der Waals surface area (Å²) in [5, 5.41) is 2.51. The zero-order valence-corrected chi connectivity index (χ0v) is 11.0. The summed E-state index contributed by atoms with van der Waals surface area (Å²) in [5.41, 5.74) is 0. The molecular formula is C12H19N3O3. The Balaban J connectivity index is 2.40. The first-order chi connectivity index (χ1) is 8.56. The number of esters is 1. The molecule has 0 aliphatic carbocycles. The number of nitrogens with zero attached hydrogens (tertiary/aromatic N) is 2. The van der Waals surface area contributed by atoms with E-state index in [0.717, 1.165) is 5.82 Å². The van der Waals surface area contributed by atoms with Gasteiger partial charge in [0.25, 0.3) is 0 Å².